The number of hydrogen-bond acceptors (Lipinski definition) is 3. The molecule has 0 heterocycles. The summed E-state index contributed by atoms with van der Waals surface area (Å²) in [6, 6.07) is 10.1. The number of ketones is 1. The molecule has 3 nitrogen and oxygen atoms in total. The van der Waals surface area contributed by atoms with Crippen molar-refractivity contribution in [1.82, 2.24) is 5.32 Å². The SMILES string of the molecule is CCCNCC(=O)CCCOCc1ccccc1. The van der Waals surface area contributed by atoms with Gasteiger partial charge in [-0.1, -0.05) is 37.3 Å². The molecule has 0 unspecified atom stereocenters. The Morgan fingerprint density at radius 2 is 2.06 bits per heavy atom. The van der Waals surface area contributed by atoms with Gasteiger partial charge in [0, 0.05) is 13.0 Å². The molecule has 1 aromatic rings. The van der Waals surface area contributed by atoms with Gasteiger partial charge < -0.3 is 10.1 Å². The molecule has 0 aliphatic carbocycles. The van der Waals surface area contributed by atoms with E-state index in [4.69, 9.17) is 4.74 Å². The normalized spacial score (nSPS) is 10.5. The molecule has 1 aromatic carbocycles. The Kier molecular flexibility index (Phi) is 8.10. The molecule has 1 N–H and O–H groups in total. The van der Waals surface area contributed by atoms with E-state index in [1.165, 1.54) is 5.56 Å². The molecular weight excluding hydrogens is 226 g/mol. The van der Waals surface area contributed by atoms with Crippen LogP contribution in [0.3, 0.4) is 0 Å². The van der Waals surface area contributed by atoms with E-state index in [0.29, 0.717) is 26.2 Å². The quantitative estimate of drug-likeness (QED) is 0.648. The highest BCUT2D eigenvalue weighted by atomic mass is 16.5. The topological polar surface area (TPSA) is 38.3 Å². The highest BCUT2D eigenvalue weighted by Gasteiger charge is 2.00. The first-order valence-corrected chi connectivity index (χ1v) is 6.67. The van der Waals surface area contributed by atoms with E-state index in [0.717, 1.165) is 19.4 Å². The van der Waals surface area contributed by atoms with Gasteiger partial charge in [0.2, 0.25) is 0 Å². The second-order valence-electron chi connectivity index (χ2n) is 4.36. The number of rotatable bonds is 10. The molecule has 100 valence electrons. The third-order valence-electron chi connectivity index (χ3n) is 2.60. The van der Waals surface area contributed by atoms with Crippen LogP contribution in [0.1, 0.15) is 31.7 Å². The van der Waals surface area contributed by atoms with Crippen LogP contribution in [0.2, 0.25) is 0 Å². The van der Waals surface area contributed by atoms with Crippen LogP contribution in [0.15, 0.2) is 30.3 Å². The largest absolute Gasteiger partial charge is 0.377 e. The molecule has 3 heteroatoms. The van der Waals surface area contributed by atoms with Gasteiger partial charge in [0.15, 0.2) is 0 Å². The fourth-order valence-corrected chi connectivity index (χ4v) is 1.63. The second kappa shape index (κ2) is 9.80. The molecule has 0 atom stereocenters. The molecule has 0 aliphatic heterocycles. The highest BCUT2D eigenvalue weighted by molar-refractivity contribution is 5.80. The molecule has 0 amide bonds. The van der Waals surface area contributed by atoms with Crippen LogP contribution in [0.4, 0.5) is 0 Å². The fraction of sp³-hybridized carbons (Fsp3) is 0.533. The molecule has 0 bridgehead atoms. The van der Waals surface area contributed by atoms with E-state index in [9.17, 15) is 4.79 Å². The maximum Gasteiger partial charge on any atom is 0.146 e. The predicted molar refractivity (Wildman–Crippen MR) is 73.5 cm³/mol. The van der Waals surface area contributed by atoms with Crippen LogP contribution < -0.4 is 5.32 Å². The average molecular weight is 249 g/mol. The highest BCUT2D eigenvalue weighted by Crippen LogP contribution is 2.01. The molecular formula is C15H23NO2. The monoisotopic (exact) mass is 249 g/mol. The summed E-state index contributed by atoms with van der Waals surface area (Å²) < 4.78 is 5.52. The number of Topliss-reactive ketones (excluding diaryl/α,β-unsaturated/α-hetero) is 1. The molecule has 0 fully saturated rings. The standard InChI is InChI=1S/C15H23NO2/c1-2-10-16-12-15(17)9-6-11-18-13-14-7-4-3-5-8-14/h3-5,7-8,16H,2,6,9-13H2,1H3. The molecule has 0 spiro atoms. The van der Waals surface area contributed by atoms with Crippen molar-refractivity contribution in [1.29, 1.82) is 0 Å². The smallest absolute Gasteiger partial charge is 0.146 e. The minimum atomic E-state index is 0.270. The summed E-state index contributed by atoms with van der Waals surface area (Å²) in [6.45, 7) is 4.77. The first-order valence-electron chi connectivity index (χ1n) is 6.67. The zero-order chi connectivity index (χ0) is 13.1. The Balaban J connectivity index is 1.97. The van der Waals surface area contributed by atoms with Gasteiger partial charge in [0.05, 0.1) is 13.2 Å². The van der Waals surface area contributed by atoms with Gasteiger partial charge in [-0.3, -0.25) is 4.79 Å². The van der Waals surface area contributed by atoms with Gasteiger partial charge in [-0.05, 0) is 24.9 Å². The summed E-state index contributed by atoms with van der Waals surface area (Å²) in [7, 11) is 0. The van der Waals surface area contributed by atoms with Crippen LogP contribution in [0, 0.1) is 0 Å². The number of carbonyl (C=O) groups is 1. The number of carbonyl (C=O) groups excluding carboxylic acids is 1. The first kappa shape index (κ1) is 14.9. The fourth-order valence-electron chi connectivity index (χ4n) is 1.63. The molecule has 0 aliphatic rings. The van der Waals surface area contributed by atoms with Crippen molar-refractivity contribution < 1.29 is 9.53 Å². The van der Waals surface area contributed by atoms with E-state index in [2.05, 4.69) is 12.2 Å². The zero-order valence-corrected chi connectivity index (χ0v) is 11.2. The van der Waals surface area contributed by atoms with E-state index in [1.807, 2.05) is 30.3 Å². The summed E-state index contributed by atoms with van der Waals surface area (Å²) in [6.07, 6.45) is 2.47. The summed E-state index contributed by atoms with van der Waals surface area (Å²) in [5, 5.41) is 3.11. The predicted octanol–water partition coefficient (Wildman–Crippen LogP) is 2.55. The third kappa shape index (κ3) is 7.20. The van der Waals surface area contributed by atoms with Crippen molar-refractivity contribution in [3.63, 3.8) is 0 Å². The lowest BCUT2D eigenvalue weighted by atomic mass is 10.2. The van der Waals surface area contributed by atoms with E-state index in [-0.39, 0.29) is 5.78 Å². The maximum absolute atomic E-state index is 11.4. The molecule has 0 saturated heterocycles. The van der Waals surface area contributed by atoms with Crippen molar-refractivity contribution in [2.45, 2.75) is 32.8 Å². The Morgan fingerprint density at radius 1 is 1.28 bits per heavy atom. The average Bonchev–Trinajstić information content (AvgIpc) is 2.40. The van der Waals surface area contributed by atoms with Crippen LogP contribution in [0.5, 0.6) is 0 Å². The van der Waals surface area contributed by atoms with Gasteiger partial charge in [-0.25, -0.2) is 0 Å². The van der Waals surface area contributed by atoms with Crippen molar-refractivity contribution in [2.75, 3.05) is 19.7 Å². The van der Waals surface area contributed by atoms with Crippen molar-refractivity contribution in [2.24, 2.45) is 0 Å². The lowest BCUT2D eigenvalue weighted by molar-refractivity contribution is -0.118. The lowest BCUT2D eigenvalue weighted by Gasteiger charge is -2.05. The van der Waals surface area contributed by atoms with Gasteiger partial charge in [0.1, 0.15) is 5.78 Å². The van der Waals surface area contributed by atoms with Crippen molar-refractivity contribution >= 4 is 5.78 Å². The summed E-state index contributed by atoms with van der Waals surface area (Å²) in [4.78, 5) is 11.4. The Morgan fingerprint density at radius 3 is 2.78 bits per heavy atom. The van der Waals surface area contributed by atoms with Crippen LogP contribution in [-0.2, 0) is 16.1 Å². The van der Waals surface area contributed by atoms with Gasteiger partial charge in [0.25, 0.3) is 0 Å². The lowest BCUT2D eigenvalue weighted by Crippen LogP contribution is -2.23. The number of ether oxygens (including phenoxy) is 1. The Hall–Kier alpha value is -1.19. The Labute approximate surface area is 110 Å². The Bertz CT molecular complexity index is 325. The number of benzene rings is 1. The maximum atomic E-state index is 11.4. The van der Waals surface area contributed by atoms with Crippen LogP contribution >= 0.6 is 0 Å². The zero-order valence-electron chi connectivity index (χ0n) is 11.2. The van der Waals surface area contributed by atoms with Crippen molar-refractivity contribution in [3.05, 3.63) is 35.9 Å². The molecule has 0 saturated carbocycles. The first-order chi connectivity index (χ1) is 8.83. The van der Waals surface area contributed by atoms with Crippen LogP contribution in [0.25, 0.3) is 0 Å². The van der Waals surface area contributed by atoms with E-state index < -0.39 is 0 Å². The summed E-state index contributed by atoms with van der Waals surface area (Å²) >= 11 is 0. The minimum Gasteiger partial charge on any atom is -0.377 e. The molecule has 0 aromatic heterocycles. The van der Waals surface area contributed by atoms with E-state index >= 15 is 0 Å². The van der Waals surface area contributed by atoms with Gasteiger partial charge in [-0.2, -0.15) is 0 Å². The number of hydrogen-bond donors (Lipinski definition) is 1. The third-order valence-corrected chi connectivity index (χ3v) is 2.60. The number of nitrogens with one attached hydrogen (secondary N) is 1. The van der Waals surface area contributed by atoms with Crippen molar-refractivity contribution in [3.8, 4) is 0 Å². The van der Waals surface area contributed by atoms with Gasteiger partial charge >= 0.3 is 0 Å². The van der Waals surface area contributed by atoms with Crippen LogP contribution in [-0.4, -0.2) is 25.5 Å². The summed E-state index contributed by atoms with van der Waals surface area (Å²) in [5.74, 6) is 0.270. The minimum absolute atomic E-state index is 0.270. The molecule has 0 radical (unpaired) electrons. The van der Waals surface area contributed by atoms with E-state index in [1.54, 1.807) is 0 Å². The molecule has 1 rings (SSSR count). The second-order valence-corrected chi connectivity index (χ2v) is 4.36. The van der Waals surface area contributed by atoms with Gasteiger partial charge in [-0.15, -0.1) is 0 Å². The summed E-state index contributed by atoms with van der Waals surface area (Å²) in [5.41, 5.74) is 1.17. The molecule has 18 heavy (non-hydrogen) atoms.